The van der Waals surface area contributed by atoms with Gasteiger partial charge in [-0.2, -0.15) is 13.2 Å². The maximum atomic E-state index is 13.0. The zero-order chi connectivity index (χ0) is 14.6. The molecule has 5 heteroatoms. The van der Waals surface area contributed by atoms with E-state index >= 15 is 0 Å². The van der Waals surface area contributed by atoms with Crippen molar-refractivity contribution in [3.63, 3.8) is 0 Å². The summed E-state index contributed by atoms with van der Waals surface area (Å²) in [6, 6.07) is 3.32. The van der Waals surface area contributed by atoms with Crippen LogP contribution >= 0.6 is 0 Å². The van der Waals surface area contributed by atoms with Gasteiger partial charge in [-0.3, -0.25) is 0 Å². The molecule has 108 valence electrons. The van der Waals surface area contributed by atoms with E-state index in [1.165, 1.54) is 19.2 Å². The Morgan fingerprint density at radius 2 is 1.84 bits per heavy atom. The summed E-state index contributed by atoms with van der Waals surface area (Å²) >= 11 is 0. The minimum atomic E-state index is -4.42. The summed E-state index contributed by atoms with van der Waals surface area (Å²) in [6.45, 7) is 4.04. The Bertz CT molecular complexity index is 416. The van der Waals surface area contributed by atoms with Crippen molar-refractivity contribution in [2.24, 2.45) is 11.7 Å². The topological polar surface area (TPSA) is 35.2 Å². The zero-order valence-electron chi connectivity index (χ0n) is 11.4. The summed E-state index contributed by atoms with van der Waals surface area (Å²) in [5.41, 5.74) is 5.32. The summed E-state index contributed by atoms with van der Waals surface area (Å²) in [5.74, 6) is 0.603. The van der Waals surface area contributed by atoms with Gasteiger partial charge in [0.1, 0.15) is 5.75 Å². The molecule has 0 unspecified atom stereocenters. The molecule has 1 atom stereocenters. The summed E-state index contributed by atoms with van der Waals surface area (Å²) < 4.78 is 43.9. The summed E-state index contributed by atoms with van der Waals surface area (Å²) in [5, 5.41) is 0. The smallest absolute Gasteiger partial charge is 0.416 e. The fourth-order valence-corrected chi connectivity index (χ4v) is 1.90. The molecule has 0 aliphatic carbocycles. The molecular formula is C14H20F3NO. The van der Waals surface area contributed by atoms with Crippen LogP contribution in [0.3, 0.4) is 0 Å². The minimum absolute atomic E-state index is 0.133. The molecule has 0 saturated carbocycles. The van der Waals surface area contributed by atoms with E-state index in [0.717, 1.165) is 12.5 Å². The van der Waals surface area contributed by atoms with Crippen molar-refractivity contribution in [1.29, 1.82) is 0 Å². The lowest BCUT2D eigenvalue weighted by atomic mass is 9.94. The van der Waals surface area contributed by atoms with E-state index in [1.807, 2.05) is 13.8 Å². The first-order valence-corrected chi connectivity index (χ1v) is 6.26. The highest BCUT2D eigenvalue weighted by Gasteiger charge is 2.35. The van der Waals surface area contributed by atoms with Crippen LogP contribution in [0.4, 0.5) is 13.2 Å². The molecule has 2 N–H and O–H groups in total. The zero-order valence-corrected chi connectivity index (χ0v) is 11.4. The van der Waals surface area contributed by atoms with Crippen molar-refractivity contribution in [1.82, 2.24) is 0 Å². The van der Waals surface area contributed by atoms with Gasteiger partial charge in [-0.1, -0.05) is 19.9 Å². The van der Waals surface area contributed by atoms with Crippen LogP contribution in [0.5, 0.6) is 5.75 Å². The number of rotatable bonds is 5. The maximum Gasteiger partial charge on any atom is 0.416 e. The number of alkyl halides is 3. The second-order valence-electron chi connectivity index (χ2n) is 5.03. The van der Waals surface area contributed by atoms with Crippen LogP contribution in [-0.2, 0) is 6.18 Å². The van der Waals surface area contributed by atoms with Crippen molar-refractivity contribution in [3.8, 4) is 5.75 Å². The normalized spacial score (nSPS) is 13.7. The van der Waals surface area contributed by atoms with Crippen LogP contribution in [-0.4, -0.2) is 7.11 Å². The Kier molecular flexibility index (Phi) is 5.23. The molecule has 0 heterocycles. The van der Waals surface area contributed by atoms with Gasteiger partial charge in [-0.25, -0.2) is 0 Å². The highest BCUT2D eigenvalue weighted by molar-refractivity contribution is 5.39. The molecule has 0 radical (unpaired) electrons. The first kappa shape index (κ1) is 15.8. The molecule has 19 heavy (non-hydrogen) atoms. The fourth-order valence-electron chi connectivity index (χ4n) is 1.90. The van der Waals surface area contributed by atoms with E-state index in [0.29, 0.717) is 12.3 Å². The van der Waals surface area contributed by atoms with Crippen molar-refractivity contribution in [3.05, 3.63) is 29.3 Å². The average Bonchev–Trinajstić information content (AvgIpc) is 2.34. The third-order valence-corrected chi connectivity index (χ3v) is 3.02. The largest absolute Gasteiger partial charge is 0.497 e. The monoisotopic (exact) mass is 275 g/mol. The lowest BCUT2D eigenvalue weighted by Gasteiger charge is -2.19. The van der Waals surface area contributed by atoms with E-state index in [2.05, 4.69) is 0 Å². The van der Waals surface area contributed by atoms with Crippen LogP contribution in [0.15, 0.2) is 18.2 Å². The molecule has 0 amide bonds. The lowest BCUT2D eigenvalue weighted by molar-refractivity contribution is -0.138. The Hall–Kier alpha value is -1.23. The van der Waals surface area contributed by atoms with Gasteiger partial charge in [0.05, 0.1) is 12.7 Å². The van der Waals surface area contributed by atoms with Gasteiger partial charge in [0.2, 0.25) is 0 Å². The van der Waals surface area contributed by atoms with Crippen molar-refractivity contribution < 1.29 is 17.9 Å². The third kappa shape index (κ3) is 4.42. The fraction of sp³-hybridized carbons (Fsp3) is 0.571. The van der Waals surface area contributed by atoms with Crippen LogP contribution in [0.2, 0.25) is 0 Å². The lowest BCUT2D eigenvalue weighted by Crippen LogP contribution is -2.18. The molecular weight excluding hydrogens is 255 g/mol. The summed E-state index contributed by atoms with van der Waals surface area (Å²) in [7, 11) is 1.34. The summed E-state index contributed by atoms with van der Waals surface area (Å²) in [6.07, 6.45) is -3.09. The summed E-state index contributed by atoms with van der Waals surface area (Å²) in [4.78, 5) is 0. The van der Waals surface area contributed by atoms with Gasteiger partial charge in [0.15, 0.2) is 0 Å². The predicted molar refractivity (Wildman–Crippen MR) is 69.0 cm³/mol. The van der Waals surface area contributed by atoms with Crippen molar-refractivity contribution >= 4 is 0 Å². The van der Waals surface area contributed by atoms with Crippen LogP contribution < -0.4 is 10.5 Å². The first-order chi connectivity index (χ1) is 8.75. The van der Waals surface area contributed by atoms with Gasteiger partial charge < -0.3 is 10.5 Å². The number of benzene rings is 1. The van der Waals surface area contributed by atoms with E-state index < -0.39 is 17.8 Å². The highest BCUT2D eigenvalue weighted by Crippen LogP contribution is 2.37. The molecule has 0 fully saturated rings. The first-order valence-electron chi connectivity index (χ1n) is 6.26. The third-order valence-electron chi connectivity index (χ3n) is 3.02. The van der Waals surface area contributed by atoms with E-state index in [-0.39, 0.29) is 11.3 Å². The Morgan fingerprint density at radius 3 is 2.32 bits per heavy atom. The number of ether oxygens (including phenoxy) is 1. The Labute approximate surface area is 111 Å². The number of hydrogen-bond donors (Lipinski definition) is 1. The Balaban J connectivity index is 3.05. The molecule has 0 saturated heterocycles. The van der Waals surface area contributed by atoms with Crippen molar-refractivity contribution in [2.75, 3.05) is 7.11 Å². The van der Waals surface area contributed by atoms with Gasteiger partial charge in [0.25, 0.3) is 0 Å². The quantitative estimate of drug-likeness (QED) is 0.876. The highest BCUT2D eigenvalue weighted by atomic mass is 19.4. The minimum Gasteiger partial charge on any atom is -0.497 e. The van der Waals surface area contributed by atoms with Gasteiger partial charge in [0, 0.05) is 6.04 Å². The molecule has 0 spiro atoms. The van der Waals surface area contributed by atoms with Crippen molar-refractivity contribution in [2.45, 2.75) is 38.9 Å². The van der Waals surface area contributed by atoms with Crippen LogP contribution in [0.1, 0.15) is 43.9 Å². The SMILES string of the molecule is COc1ccc([C@@H](N)CCC(C)C)c(C(F)(F)F)c1. The molecule has 2 nitrogen and oxygen atoms in total. The molecule has 1 aromatic rings. The number of hydrogen-bond acceptors (Lipinski definition) is 2. The maximum absolute atomic E-state index is 13.0. The second-order valence-corrected chi connectivity index (χ2v) is 5.03. The Morgan fingerprint density at radius 1 is 1.21 bits per heavy atom. The van der Waals surface area contributed by atoms with E-state index in [9.17, 15) is 13.2 Å². The molecule has 1 rings (SSSR count). The average molecular weight is 275 g/mol. The molecule has 0 bridgehead atoms. The van der Waals surface area contributed by atoms with Gasteiger partial charge in [-0.15, -0.1) is 0 Å². The molecule has 0 aliphatic rings. The second kappa shape index (κ2) is 6.28. The number of methoxy groups -OCH3 is 1. The van der Waals surface area contributed by atoms with Crippen LogP contribution in [0.25, 0.3) is 0 Å². The number of halogens is 3. The standard InChI is InChI=1S/C14H20F3NO/c1-9(2)4-7-13(18)11-6-5-10(19-3)8-12(11)14(15,16)17/h5-6,8-9,13H,4,7,18H2,1-3H3/t13-/m0/s1. The molecule has 0 aromatic heterocycles. The van der Waals surface area contributed by atoms with E-state index in [4.69, 9.17) is 10.5 Å². The predicted octanol–water partition coefficient (Wildman–Crippen LogP) is 4.15. The van der Waals surface area contributed by atoms with Gasteiger partial charge in [-0.05, 0) is 36.5 Å². The molecule has 1 aromatic carbocycles. The number of nitrogens with two attached hydrogens (primary N) is 1. The van der Waals surface area contributed by atoms with E-state index in [1.54, 1.807) is 0 Å². The van der Waals surface area contributed by atoms with Crippen LogP contribution in [0, 0.1) is 5.92 Å². The molecule has 0 aliphatic heterocycles. The van der Waals surface area contributed by atoms with Gasteiger partial charge >= 0.3 is 6.18 Å².